The van der Waals surface area contributed by atoms with Crippen LogP contribution in [0.1, 0.15) is 31.1 Å². The van der Waals surface area contributed by atoms with Gasteiger partial charge in [-0.2, -0.15) is 0 Å². The van der Waals surface area contributed by atoms with Gasteiger partial charge in [-0.1, -0.05) is 0 Å². The number of nitrogens with one attached hydrogen (secondary N) is 1. The lowest BCUT2D eigenvalue weighted by Crippen LogP contribution is -2.13. The van der Waals surface area contributed by atoms with Crippen molar-refractivity contribution < 1.29 is 39.9 Å². The highest BCUT2D eigenvalue weighted by atomic mass is 16.4. The van der Waals surface area contributed by atoms with Crippen LogP contribution in [0.15, 0.2) is 30.3 Å². The molecule has 0 radical (unpaired) electrons. The first-order valence-electron chi connectivity index (χ1n) is 6.37. The van der Waals surface area contributed by atoms with Gasteiger partial charge in [0.05, 0.1) is 5.56 Å². The molecule has 6 N–H and O–H groups in total. The van der Waals surface area contributed by atoms with Crippen LogP contribution >= 0.6 is 0 Å². The van der Waals surface area contributed by atoms with E-state index in [-0.39, 0.29) is 5.69 Å². The lowest BCUT2D eigenvalue weighted by Gasteiger charge is -2.10. The molecule has 0 aliphatic heterocycles. The smallest absolute Gasteiger partial charge is 0.339 e. The standard InChI is InChI=1S/C15H11NO8/c17-10-2-1-6(3-8(10)14(21)22)16-13(20)7-4-12(19)9(15(23)24)5-11(7)18/h1-5,17-19H,(H,16,20)(H,21,22)(H,23,24). The topological polar surface area (TPSA) is 164 Å². The average molecular weight is 333 g/mol. The summed E-state index contributed by atoms with van der Waals surface area (Å²) in [4.78, 5) is 33.9. The monoisotopic (exact) mass is 333 g/mol. The van der Waals surface area contributed by atoms with Gasteiger partial charge in [-0.25, -0.2) is 9.59 Å². The molecule has 0 saturated heterocycles. The van der Waals surface area contributed by atoms with Gasteiger partial charge in [-0.05, 0) is 30.3 Å². The number of carbonyl (C=O) groups excluding carboxylic acids is 1. The highest BCUT2D eigenvalue weighted by Crippen LogP contribution is 2.28. The average Bonchev–Trinajstić information content (AvgIpc) is 2.50. The van der Waals surface area contributed by atoms with E-state index < -0.39 is 51.8 Å². The minimum Gasteiger partial charge on any atom is -0.507 e. The van der Waals surface area contributed by atoms with Crippen molar-refractivity contribution in [2.75, 3.05) is 5.32 Å². The van der Waals surface area contributed by atoms with E-state index in [0.717, 1.165) is 18.2 Å². The number of amides is 1. The van der Waals surface area contributed by atoms with Crippen LogP contribution in [0.25, 0.3) is 0 Å². The van der Waals surface area contributed by atoms with Crippen molar-refractivity contribution in [1.29, 1.82) is 0 Å². The van der Waals surface area contributed by atoms with Crippen LogP contribution in [-0.4, -0.2) is 43.4 Å². The van der Waals surface area contributed by atoms with E-state index in [1.54, 1.807) is 0 Å². The van der Waals surface area contributed by atoms with Gasteiger partial charge < -0.3 is 30.8 Å². The first-order valence-corrected chi connectivity index (χ1v) is 6.37. The second-order valence-electron chi connectivity index (χ2n) is 4.68. The number of benzene rings is 2. The molecule has 0 aromatic heterocycles. The molecule has 1 amide bonds. The van der Waals surface area contributed by atoms with Crippen LogP contribution in [-0.2, 0) is 0 Å². The van der Waals surface area contributed by atoms with Crippen molar-refractivity contribution in [1.82, 2.24) is 0 Å². The van der Waals surface area contributed by atoms with E-state index in [0.29, 0.717) is 6.07 Å². The second kappa shape index (κ2) is 6.16. The van der Waals surface area contributed by atoms with Gasteiger partial charge >= 0.3 is 11.9 Å². The molecule has 0 aliphatic rings. The van der Waals surface area contributed by atoms with Crippen molar-refractivity contribution in [2.24, 2.45) is 0 Å². The zero-order valence-electron chi connectivity index (χ0n) is 11.8. The van der Waals surface area contributed by atoms with Gasteiger partial charge in [0, 0.05) is 5.69 Å². The summed E-state index contributed by atoms with van der Waals surface area (Å²) in [5, 5.41) is 48.7. The van der Waals surface area contributed by atoms with Crippen molar-refractivity contribution >= 4 is 23.5 Å². The summed E-state index contributed by atoms with van der Waals surface area (Å²) in [6, 6.07) is 4.77. The Hall–Kier alpha value is -3.75. The fraction of sp³-hybridized carbons (Fsp3) is 0. The molecule has 0 bridgehead atoms. The van der Waals surface area contributed by atoms with Crippen molar-refractivity contribution in [2.45, 2.75) is 0 Å². The number of hydrogen-bond donors (Lipinski definition) is 6. The molecular weight excluding hydrogens is 322 g/mol. The Labute approximate surface area is 134 Å². The number of anilines is 1. The van der Waals surface area contributed by atoms with Crippen LogP contribution < -0.4 is 5.32 Å². The summed E-state index contributed by atoms with van der Waals surface area (Å²) in [6.45, 7) is 0. The number of carboxylic acids is 2. The number of carbonyl (C=O) groups is 3. The van der Waals surface area contributed by atoms with Crippen LogP contribution in [0.4, 0.5) is 5.69 Å². The molecule has 0 saturated carbocycles. The molecule has 2 rings (SSSR count). The molecule has 0 aliphatic carbocycles. The van der Waals surface area contributed by atoms with Gasteiger partial charge in [0.25, 0.3) is 5.91 Å². The molecule has 124 valence electrons. The lowest BCUT2D eigenvalue weighted by atomic mass is 10.1. The van der Waals surface area contributed by atoms with Crippen LogP contribution in [0.5, 0.6) is 17.2 Å². The predicted octanol–water partition coefficient (Wildman–Crippen LogP) is 1.45. The van der Waals surface area contributed by atoms with E-state index >= 15 is 0 Å². The molecule has 2 aromatic carbocycles. The molecule has 0 fully saturated rings. The third-order valence-corrected chi connectivity index (χ3v) is 3.07. The number of carboxylic acid groups (broad SMARTS) is 2. The van der Waals surface area contributed by atoms with Gasteiger partial charge in [0.2, 0.25) is 0 Å². The minimum absolute atomic E-state index is 0.0106. The maximum absolute atomic E-state index is 12.1. The Kier molecular flexibility index (Phi) is 4.27. The van der Waals surface area contributed by atoms with Crippen molar-refractivity contribution in [3.63, 3.8) is 0 Å². The lowest BCUT2D eigenvalue weighted by molar-refractivity contribution is 0.0682. The third kappa shape index (κ3) is 3.19. The summed E-state index contributed by atoms with van der Waals surface area (Å²) >= 11 is 0. The number of phenols is 3. The normalized spacial score (nSPS) is 10.2. The zero-order chi connectivity index (χ0) is 18.0. The Bertz CT molecular complexity index is 859. The zero-order valence-corrected chi connectivity index (χ0v) is 11.8. The first kappa shape index (κ1) is 16.6. The van der Waals surface area contributed by atoms with E-state index in [1.807, 2.05) is 0 Å². The molecule has 24 heavy (non-hydrogen) atoms. The number of rotatable bonds is 4. The summed E-state index contributed by atoms with van der Waals surface area (Å²) in [5.74, 6) is -5.70. The fourth-order valence-corrected chi connectivity index (χ4v) is 1.91. The van der Waals surface area contributed by atoms with Gasteiger partial charge in [-0.3, -0.25) is 4.79 Å². The molecule has 0 spiro atoms. The largest absolute Gasteiger partial charge is 0.507 e. The molecule has 0 unspecified atom stereocenters. The van der Waals surface area contributed by atoms with Crippen LogP contribution in [0.2, 0.25) is 0 Å². The third-order valence-electron chi connectivity index (χ3n) is 3.07. The maximum Gasteiger partial charge on any atom is 0.339 e. The Morgan fingerprint density at radius 1 is 0.708 bits per heavy atom. The minimum atomic E-state index is -1.49. The maximum atomic E-state index is 12.1. The van der Waals surface area contributed by atoms with Crippen molar-refractivity contribution in [3.8, 4) is 17.2 Å². The fourth-order valence-electron chi connectivity index (χ4n) is 1.91. The van der Waals surface area contributed by atoms with E-state index in [1.165, 1.54) is 6.07 Å². The Morgan fingerprint density at radius 3 is 1.79 bits per heavy atom. The summed E-state index contributed by atoms with van der Waals surface area (Å²) in [6.07, 6.45) is 0. The highest BCUT2D eigenvalue weighted by Gasteiger charge is 2.19. The van der Waals surface area contributed by atoms with Crippen molar-refractivity contribution in [3.05, 3.63) is 47.0 Å². The Morgan fingerprint density at radius 2 is 1.21 bits per heavy atom. The molecule has 0 heterocycles. The van der Waals surface area contributed by atoms with E-state index in [4.69, 9.17) is 10.2 Å². The molecule has 0 atom stereocenters. The second-order valence-corrected chi connectivity index (χ2v) is 4.68. The molecule has 9 nitrogen and oxygen atoms in total. The number of aromatic carboxylic acids is 2. The number of aromatic hydroxyl groups is 3. The molecular formula is C15H11NO8. The number of phenolic OH excluding ortho intramolecular Hbond substituents is 1. The first-order chi connectivity index (χ1) is 11.2. The molecule has 9 heteroatoms. The van der Waals surface area contributed by atoms with E-state index in [9.17, 15) is 29.7 Å². The summed E-state index contributed by atoms with van der Waals surface area (Å²) in [7, 11) is 0. The Balaban J connectivity index is 2.34. The summed E-state index contributed by atoms with van der Waals surface area (Å²) < 4.78 is 0. The SMILES string of the molecule is O=C(O)c1cc(NC(=O)c2cc(O)c(C(=O)O)cc2O)ccc1O. The van der Waals surface area contributed by atoms with Gasteiger partial charge in [-0.15, -0.1) is 0 Å². The van der Waals surface area contributed by atoms with Crippen LogP contribution in [0.3, 0.4) is 0 Å². The predicted molar refractivity (Wildman–Crippen MR) is 79.8 cm³/mol. The quantitative estimate of drug-likeness (QED) is 0.457. The highest BCUT2D eigenvalue weighted by molar-refractivity contribution is 6.08. The number of hydrogen-bond acceptors (Lipinski definition) is 6. The van der Waals surface area contributed by atoms with Gasteiger partial charge in [0.1, 0.15) is 28.4 Å². The van der Waals surface area contributed by atoms with Gasteiger partial charge in [0.15, 0.2) is 0 Å². The molecule has 2 aromatic rings. The summed E-state index contributed by atoms with van der Waals surface area (Å²) in [5.41, 5.74) is -1.43. The van der Waals surface area contributed by atoms with Crippen LogP contribution in [0, 0.1) is 0 Å². The van der Waals surface area contributed by atoms with E-state index in [2.05, 4.69) is 5.32 Å².